The maximum atomic E-state index is 12.9. The van der Waals surface area contributed by atoms with E-state index in [0.29, 0.717) is 30.8 Å². The lowest BCUT2D eigenvalue weighted by molar-refractivity contribution is 0.102. The van der Waals surface area contributed by atoms with Gasteiger partial charge >= 0.3 is 6.03 Å². The number of carbonyl (C=O) groups excluding carboxylic acids is 2. The SMILES string of the molecule is COc1ccc(NC(=O)c2ccc(N3CCNC3=O)c(C)c2)cc1Cc1ccccc1. The van der Waals surface area contributed by atoms with Crippen molar-refractivity contribution in [2.45, 2.75) is 13.3 Å². The first-order valence-corrected chi connectivity index (χ1v) is 10.2. The first kappa shape index (κ1) is 20.5. The van der Waals surface area contributed by atoms with Crippen LogP contribution >= 0.6 is 0 Å². The second-order valence-corrected chi connectivity index (χ2v) is 7.53. The molecule has 158 valence electrons. The minimum Gasteiger partial charge on any atom is -0.496 e. The number of hydrogen-bond acceptors (Lipinski definition) is 3. The summed E-state index contributed by atoms with van der Waals surface area (Å²) in [4.78, 5) is 26.5. The molecule has 4 rings (SSSR count). The van der Waals surface area contributed by atoms with Crippen molar-refractivity contribution in [2.24, 2.45) is 0 Å². The van der Waals surface area contributed by atoms with Gasteiger partial charge in [0.2, 0.25) is 0 Å². The Balaban J connectivity index is 1.52. The molecule has 1 heterocycles. The second-order valence-electron chi connectivity index (χ2n) is 7.53. The molecule has 6 heteroatoms. The summed E-state index contributed by atoms with van der Waals surface area (Å²) in [5.41, 5.74) is 5.11. The molecule has 1 fully saturated rings. The van der Waals surface area contributed by atoms with Gasteiger partial charge in [-0.2, -0.15) is 0 Å². The molecule has 0 radical (unpaired) electrons. The number of anilines is 2. The minimum absolute atomic E-state index is 0.107. The van der Waals surface area contributed by atoms with E-state index in [2.05, 4.69) is 22.8 Å². The third-order valence-electron chi connectivity index (χ3n) is 5.38. The largest absolute Gasteiger partial charge is 0.496 e. The lowest BCUT2D eigenvalue weighted by Crippen LogP contribution is -2.28. The highest BCUT2D eigenvalue weighted by atomic mass is 16.5. The molecule has 0 unspecified atom stereocenters. The Hall–Kier alpha value is -3.80. The van der Waals surface area contributed by atoms with Gasteiger partial charge in [0.15, 0.2) is 0 Å². The Bertz CT molecular complexity index is 1110. The van der Waals surface area contributed by atoms with Crippen molar-refractivity contribution < 1.29 is 14.3 Å². The maximum absolute atomic E-state index is 12.9. The van der Waals surface area contributed by atoms with Gasteiger partial charge in [-0.1, -0.05) is 30.3 Å². The molecule has 2 N–H and O–H groups in total. The van der Waals surface area contributed by atoms with Crippen LogP contribution in [0, 0.1) is 6.92 Å². The molecule has 0 aromatic heterocycles. The molecule has 0 spiro atoms. The number of nitrogens with zero attached hydrogens (tertiary/aromatic N) is 1. The first-order chi connectivity index (χ1) is 15.0. The molecule has 0 bridgehead atoms. The molecule has 1 aliphatic heterocycles. The van der Waals surface area contributed by atoms with E-state index in [1.54, 1.807) is 18.1 Å². The summed E-state index contributed by atoms with van der Waals surface area (Å²) in [7, 11) is 1.65. The van der Waals surface area contributed by atoms with E-state index in [4.69, 9.17) is 4.74 Å². The monoisotopic (exact) mass is 415 g/mol. The third kappa shape index (κ3) is 4.53. The molecule has 6 nitrogen and oxygen atoms in total. The Morgan fingerprint density at radius 2 is 1.90 bits per heavy atom. The van der Waals surface area contributed by atoms with Gasteiger partial charge in [-0.05, 0) is 54.4 Å². The van der Waals surface area contributed by atoms with Crippen LogP contribution in [0.4, 0.5) is 16.2 Å². The minimum atomic E-state index is -0.198. The van der Waals surface area contributed by atoms with Crippen molar-refractivity contribution in [3.63, 3.8) is 0 Å². The van der Waals surface area contributed by atoms with E-state index < -0.39 is 0 Å². The number of amides is 3. The van der Waals surface area contributed by atoms with Crippen molar-refractivity contribution in [1.82, 2.24) is 5.32 Å². The fourth-order valence-electron chi connectivity index (χ4n) is 3.81. The first-order valence-electron chi connectivity index (χ1n) is 10.2. The Morgan fingerprint density at radius 3 is 2.58 bits per heavy atom. The summed E-state index contributed by atoms with van der Waals surface area (Å²) < 4.78 is 5.50. The van der Waals surface area contributed by atoms with Crippen molar-refractivity contribution >= 4 is 23.3 Å². The molecule has 3 aromatic rings. The number of benzene rings is 3. The average molecular weight is 415 g/mol. The highest BCUT2D eigenvalue weighted by Crippen LogP contribution is 2.27. The predicted molar refractivity (Wildman–Crippen MR) is 122 cm³/mol. The summed E-state index contributed by atoms with van der Waals surface area (Å²) in [5.74, 6) is 0.585. The van der Waals surface area contributed by atoms with E-state index in [1.807, 2.05) is 55.5 Å². The zero-order valence-corrected chi connectivity index (χ0v) is 17.6. The van der Waals surface area contributed by atoms with Gasteiger partial charge in [0.05, 0.1) is 7.11 Å². The van der Waals surface area contributed by atoms with Crippen LogP contribution in [0.1, 0.15) is 27.0 Å². The lowest BCUT2D eigenvalue weighted by atomic mass is 10.0. The molecule has 0 aliphatic carbocycles. The smallest absolute Gasteiger partial charge is 0.322 e. The van der Waals surface area contributed by atoms with E-state index in [0.717, 1.165) is 22.6 Å². The Kier molecular flexibility index (Phi) is 5.89. The van der Waals surface area contributed by atoms with E-state index >= 15 is 0 Å². The van der Waals surface area contributed by atoms with Crippen LogP contribution in [0.3, 0.4) is 0 Å². The highest BCUT2D eigenvalue weighted by Gasteiger charge is 2.23. The summed E-state index contributed by atoms with van der Waals surface area (Å²) in [6, 6.07) is 21.0. The fraction of sp³-hybridized carbons (Fsp3) is 0.200. The fourth-order valence-corrected chi connectivity index (χ4v) is 3.81. The van der Waals surface area contributed by atoms with Crippen molar-refractivity contribution in [2.75, 3.05) is 30.4 Å². The molecule has 1 aliphatic rings. The molecule has 3 aromatic carbocycles. The number of ether oxygens (including phenoxy) is 1. The summed E-state index contributed by atoms with van der Waals surface area (Å²) in [6.07, 6.45) is 0.708. The number of methoxy groups -OCH3 is 1. The van der Waals surface area contributed by atoms with Crippen LogP contribution in [0.2, 0.25) is 0 Å². The van der Waals surface area contributed by atoms with Crippen molar-refractivity contribution in [1.29, 1.82) is 0 Å². The second kappa shape index (κ2) is 8.92. The topological polar surface area (TPSA) is 70.7 Å². The van der Waals surface area contributed by atoms with E-state index in [1.165, 1.54) is 5.56 Å². The number of aryl methyl sites for hydroxylation is 1. The summed E-state index contributed by atoms with van der Waals surface area (Å²) in [6.45, 7) is 3.16. The molecule has 1 saturated heterocycles. The molecule has 3 amide bonds. The van der Waals surface area contributed by atoms with Gasteiger partial charge in [-0.25, -0.2) is 4.79 Å². The summed E-state index contributed by atoms with van der Waals surface area (Å²) >= 11 is 0. The van der Waals surface area contributed by atoms with Gasteiger partial charge < -0.3 is 15.4 Å². The molecular weight excluding hydrogens is 390 g/mol. The summed E-state index contributed by atoms with van der Waals surface area (Å²) in [5, 5.41) is 5.77. The van der Waals surface area contributed by atoms with Gasteiger partial charge in [-0.3, -0.25) is 9.69 Å². The number of hydrogen-bond donors (Lipinski definition) is 2. The normalized spacial score (nSPS) is 13.1. The van der Waals surface area contributed by atoms with Crippen LogP contribution < -0.4 is 20.3 Å². The van der Waals surface area contributed by atoms with Crippen LogP contribution in [0.25, 0.3) is 0 Å². The van der Waals surface area contributed by atoms with Crippen LogP contribution in [0.15, 0.2) is 66.7 Å². The average Bonchev–Trinajstić information content (AvgIpc) is 3.20. The van der Waals surface area contributed by atoms with Gasteiger partial charge in [-0.15, -0.1) is 0 Å². The lowest BCUT2D eigenvalue weighted by Gasteiger charge is -2.18. The van der Waals surface area contributed by atoms with E-state index in [9.17, 15) is 9.59 Å². The van der Waals surface area contributed by atoms with E-state index in [-0.39, 0.29) is 11.9 Å². The maximum Gasteiger partial charge on any atom is 0.322 e. The highest BCUT2D eigenvalue weighted by molar-refractivity contribution is 6.05. The van der Waals surface area contributed by atoms with Crippen molar-refractivity contribution in [3.8, 4) is 5.75 Å². The number of urea groups is 1. The predicted octanol–water partition coefficient (Wildman–Crippen LogP) is 4.38. The number of carbonyl (C=O) groups is 2. The molecule has 0 atom stereocenters. The molecule has 0 saturated carbocycles. The number of nitrogens with one attached hydrogen (secondary N) is 2. The molecule has 31 heavy (non-hydrogen) atoms. The van der Waals surface area contributed by atoms with Gasteiger partial charge in [0, 0.05) is 42.0 Å². The zero-order chi connectivity index (χ0) is 21.8. The third-order valence-corrected chi connectivity index (χ3v) is 5.38. The number of rotatable bonds is 6. The van der Waals surface area contributed by atoms with Crippen LogP contribution in [0.5, 0.6) is 5.75 Å². The van der Waals surface area contributed by atoms with Gasteiger partial charge in [0.25, 0.3) is 5.91 Å². The quantitative estimate of drug-likeness (QED) is 0.628. The van der Waals surface area contributed by atoms with Crippen LogP contribution in [-0.4, -0.2) is 32.1 Å². The van der Waals surface area contributed by atoms with Gasteiger partial charge in [0.1, 0.15) is 5.75 Å². The zero-order valence-electron chi connectivity index (χ0n) is 17.6. The Morgan fingerprint density at radius 1 is 1.10 bits per heavy atom. The van der Waals surface area contributed by atoms with Crippen LogP contribution in [-0.2, 0) is 6.42 Å². The Labute approximate surface area is 181 Å². The van der Waals surface area contributed by atoms with Crippen molar-refractivity contribution in [3.05, 3.63) is 89.0 Å². The standard InChI is InChI=1S/C25H25N3O3/c1-17-14-19(8-10-22(17)28-13-12-26-25(28)30)24(29)27-21-9-11-23(31-2)20(16-21)15-18-6-4-3-5-7-18/h3-11,14,16H,12-13,15H2,1-2H3,(H,26,30)(H,27,29). The molecular formula is C25H25N3O3.